The van der Waals surface area contributed by atoms with Crippen molar-refractivity contribution in [1.29, 1.82) is 0 Å². The molecule has 0 aromatic rings. The van der Waals surface area contributed by atoms with Gasteiger partial charge in [-0.3, -0.25) is 18.6 Å². The van der Waals surface area contributed by atoms with Crippen molar-refractivity contribution in [3.63, 3.8) is 0 Å². The Labute approximate surface area is 139 Å². The van der Waals surface area contributed by atoms with Gasteiger partial charge in [-0.15, -0.1) is 0 Å². The van der Waals surface area contributed by atoms with Crippen molar-refractivity contribution in [2.75, 3.05) is 51.3 Å². The maximum absolute atomic E-state index is 11.6. The van der Waals surface area contributed by atoms with Crippen LogP contribution in [0.4, 0.5) is 0 Å². The highest BCUT2D eigenvalue weighted by Crippen LogP contribution is 2.49. The monoisotopic (exact) mass is 411 g/mol. The fraction of sp³-hybridized carbons (Fsp3) is 1.00. The highest BCUT2D eigenvalue weighted by atomic mass is 31.2. The fourth-order valence-electron chi connectivity index (χ4n) is 2.76. The largest absolute Gasteiger partial charge is 0.339 e. The summed E-state index contributed by atoms with van der Waals surface area (Å²) in [6, 6.07) is 0. The van der Waals surface area contributed by atoms with Crippen molar-refractivity contribution in [2.24, 2.45) is 0 Å². The lowest BCUT2D eigenvalue weighted by Gasteiger charge is -2.44. The molecule has 144 valence electrons. The first-order valence-corrected chi connectivity index (χ1v) is 12.4. The molecule has 0 atom stereocenters. The highest BCUT2D eigenvalue weighted by Gasteiger charge is 2.47. The first-order chi connectivity index (χ1) is 10.7. The van der Waals surface area contributed by atoms with Crippen molar-refractivity contribution in [2.45, 2.75) is 5.54 Å². The Balaban J connectivity index is 3.34. The Hall–Kier alpha value is 0.330. The van der Waals surface area contributed by atoms with Crippen LogP contribution >= 0.6 is 22.8 Å². The standard InChI is InChI=1S/C9H24N3O9P3/c13-22(14,15)6-9(7-23(16,17)18)5-11-2-1-10-3-4-12(9)8-24(19,20)21/h10-11H,1-8H2,(H2,13,14,15)(H2,16,17,18)(H2,19,20,21). The molecule has 0 aromatic heterocycles. The predicted octanol–water partition coefficient (Wildman–Crippen LogP) is -2.29. The maximum Gasteiger partial charge on any atom is 0.339 e. The Morgan fingerprint density at radius 2 is 1.29 bits per heavy atom. The van der Waals surface area contributed by atoms with Crippen LogP contribution in [0, 0.1) is 0 Å². The van der Waals surface area contributed by atoms with Gasteiger partial charge in [0.05, 0.1) is 17.9 Å². The SMILES string of the molecule is O=P(O)(O)CN1CCNCCNCC1(CP(=O)(O)O)CP(=O)(O)O. The predicted molar refractivity (Wildman–Crippen MR) is 85.9 cm³/mol. The average molecular weight is 411 g/mol. The van der Waals surface area contributed by atoms with Gasteiger partial charge in [0.1, 0.15) is 6.29 Å². The summed E-state index contributed by atoms with van der Waals surface area (Å²) in [4.78, 5) is 57.1. The Bertz CT molecular complexity index is 532. The summed E-state index contributed by atoms with van der Waals surface area (Å²) in [6.45, 7) is 0.836. The molecule has 0 bridgehead atoms. The molecule has 0 aromatic carbocycles. The number of nitrogens with one attached hydrogen (secondary N) is 2. The second-order valence-corrected chi connectivity index (χ2v) is 10.8. The van der Waals surface area contributed by atoms with Crippen LogP contribution in [0.5, 0.6) is 0 Å². The first-order valence-electron chi connectivity index (χ1n) is 7.03. The molecule has 1 saturated heterocycles. The molecule has 0 saturated carbocycles. The van der Waals surface area contributed by atoms with Crippen molar-refractivity contribution in [1.82, 2.24) is 15.5 Å². The molecule has 0 amide bonds. The van der Waals surface area contributed by atoms with E-state index >= 15 is 0 Å². The summed E-state index contributed by atoms with van der Waals surface area (Å²) in [6.07, 6.45) is -2.73. The smallest absolute Gasteiger partial charge is 0.324 e. The number of rotatable bonds is 6. The van der Waals surface area contributed by atoms with Crippen molar-refractivity contribution < 1.29 is 43.1 Å². The fourth-order valence-corrected chi connectivity index (χ4v) is 6.20. The van der Waals surface area contributed by atoms with Gasteiger partial charge in [-0.2, -0.15) is 0 Å². The highest BCUT2D eigenvalue weighted by molar-refractivity contribution is 7.53. The molecule has 1 aliphatic rings. The van der Waals surface area contributed by atoms with E-state index in [1.807, 2.05) is 0 Å². The third-order valence-electron chi connectivity index (χ3n) is 3.52. The lowest BCUT2D eigenvalue weighted by atomic mass is 10.0. The van der Waals surface area contributed by atoms with Crippen LogP contribution in [-0.2, 0) is 13.7 Å². The quantitative estimate of drug-likeness (QED) is 0.218. The molecular formula is C9H24N3O9P3. The van der Waals surface area contributed by atoms with Gasteiger partial charge in [-0.1, -0.05) is 0 Å². The first kappa shape index (κ1) is 22.4. The van der Waals surface area contributed by atoms with Gasteiger partial charge in [0.2, 0.25) is 0 Å². The van der Waals surface area contributed by atoms with Gasteiger partial charge >= 0.3 is 22.8 Å². The lowest BCUT2D eigenvalue weighted by Crippen LogP contribution is -2.60. The van der Waals surface area contributed by atoms with Crippen LogP contribution < -0.4 is 10.6 Å². The van der Waals surface area contributed by atoms with Crippen LogP contribution in [0.2, 0.25) is 0 Å². The van der Waals surface area contributed by atoms with E-state index in [2.05, 4.69) is 10.6 Å². The van der Waals surface area contributed by atoms with Crippen LogP contribution in [0.15, 0.2) is 0 Å². The third kappa shape index (κ3) is 8.62. The van der Waals surface area contributed by atoms with E-state index in [9.17, 15) is 43.1 Å². The summed E-state index contributed by atoms with van der Waals surface area (Å²) < 4.78 is 34.6. The molecule has 0 unspecified atom stereocenters. The van der Waals surface area contributed by atoms with Gasteiger partial charge in [0.15, 0.2) is 0 Å². The van der Waals surface area contributed by atoms with E-state index in [-0.39, 0.29) is 19.6 Å². The topological polar surface area (TPSA) is 200 Å². The molecule has 0 aliphatic carbocycles. The number of hydrogen-bond donors (Lipinski definition) is 8. The van der Waals surface area contributed by atoms with E-state index < -0.39 is 46.9 Å². The normalized spacial score (nSPS) is 21.8. The van der Waals surface area contributed by atoms with Crippen LogP contribution in [0.25, 0.3) is 0 Å². The van der Waals surface area contributed by atoms with Crippen molar-refractivity contribution in [3.8, 4) is 0 Å². The van der Waals surface area contributed by atoms with Crippen LogP contribution in [0.1, 0.15) is 0 Å². The lowest BCUT2D eigenvalue weighted by molar-refractivity contribution is 0.130. The molecule has 1 rings (SSSR count). The third-order valence-corrected chi connectivity index (χ3v) is 6.23. The Kier molecular flexibility index (Phi) is 7.78. The molecule has 1 heterocycles. The van der Waals surface area contributed by atoms with Gasteiger partial charge < -0.3 is 40.0 Å². The summed E-state index contributed by atoms with van der Waals surface area (Å²) in [5, 5.41) is 5.80. The molecule has 1 aliphatic heterocycles. The molecular weight excluding hydrogens is 387 g/mol. The van der Waals surface area contributed by atoms with E-state index in [1.54, 1.807) is 0 Å². The summed E-state index contributed by atoms with van der Waals surface area (Å²) in [5.41, 5.74) is -1.80. The van der Waals surface area contributed by atoms with Gasteiger partial charge in [0.25, 0.3) is 0 Å². The van der Waals surface area contributed by atoms with E-state index in [0.717, 1.165) is 4.90 Å². The molecule has 15 heteroatoms. The minimum Gasteiger partial charge on any atom is -0.324 e. The minimum atomic E-state index is -4.73. The molecule has 12 nitrogen and oxygen atoms in total. The number of nitrogens with zero attached hydrogens (tertiary/aromatic N) is 1. The summed E-state index contributed by atoms with van der Waals surface area (Å²) in [5.74, 6) is 0. The van der Waals surface area contributed by atoms with Crippen LogP contribution in [0.3, 0.4) is 0 Å². The zero-order chi connectivity index (χ0) is 18.6. The van der Waals surface area contributed by atoms with Crippen molar-refractivity contribution in [3.05, 3.63) is 0 Å². The second kappa shape index (κ2) is 8.35. The average Bonchev–Trinajstić information content (AvgIpc) is 2.37. The van der Waals surface area contributed by atoms with Gasteiger partial charge in [0, 0.05) is 32.7 Å². The van der Waals surface area contributed by atoms with E-state index in [4.69, 9.17) is 0 Å². The zero-order valence-corrected chi connectivity index (χ0v) is 15.5. The number of hydrogen-bond acceptors (Lipinski definition) is 6. The van der Waals surface area contributed by atoms with Crippen LogP contribution in [-0.4, -0.2) is 91.1 Å². The molecule has 24 heavy (non-hydrogen) atoms. The van der Waals surface area contributed by atoms with E-state index in [1.165, 1.54) is 0 Å². The summed E-state index contributed by atoms with van der Waals surface area (Å²) >= 11 is 0. The van der Waals surface area contributed by atoms with Gasteiger partial charge in [-0.25, -0.2) is 0 Å². The van der Waals surface area contributed by atoms with Crippen molar-refractivity contribution >= 4 is 22.8 Å². The molecule has 8 N–H and O–H groups in total. The maximum atomic E-state index is 11.6. The Morgan fingerprint density at radius 1 is 0.792 bits per heavy atom. The van der Waals surface area contributed by atoms with Gasteiger partial charge in [-0.05, 0) is 0 Å². The second-order valence-electron chi connectivity index (χ2n) is 5.87. The minimum absolute atomic E-state index is 0.0349. The Morgan fingerprint density at radius 3 is 1.75 bits per heavy atom. The zero-order valence-electron chi connectivity index (χ0n) is 12.9. The summed E-state index contributed by atoms with van der Waals surface area (Å²) in [7, 11) is -14.1. The molecule has 0 spiro atoms. The molecule has 1 fully saturated rings. The molecule has 0 radical (unpaired) electrons. The van der Waals surface area contributed by atoms with E-state index in [0.29, 0.717) is 13.1 Å².